The standard InChI is InChI=1S/C17H14N4O7/c1-8-13-9(2)28-16(14(13)15(23)20-19-8)18-12(22)7-27-17(24)10-5-3-4-6-11(10)21(25)26/h3-6H,7H2,1-2H3,(H,18,22)(H,20,23). The number of aromatic amines is 1. The van der Waals surface area contributed by atoms with E-state index in [0.717, 1.165) is 6.07 Å². The SMILES string of the molecule is Cc1n[nH]c(=O)c2c(NC(=O)COC(=O)c3ccccc3[N+](=O)[O-])oc(C)c12. The number of para-hydroxylation sites is 1. The van der Waals surface area contributed by atoms with E-state index in [1.54, 1.807) is 13.8 Å². The first-order valence-electron chi connectivity index (χ1n) is 7.98. The van der Waals surface area contributed by atoms with Gasteiger partial charge in [0.25, 0.3) is 17.2 Å². The Labute approximate surface area is 156 Å². The van der Waals surface area contributed by atoms with Crippen molar-refractivity contribution in [2.24, 2.45) is 0 Å². The van der Waals surface area contributed by atoms with E-state index < -0.39 is 34.7 Å². The van der Waals surface area contributed by atoms with Gasteiger partial charge in [0.2, 0.25) is 5.88 Å². The maximum absolute atomic E-state index is 12.1. The van der Waals surface area contributed by atoms with Gasteiger partial charge in [-0.15, -0.1) is 0 Å². The molecule has 0 saturated carbocycles. The fourth-order valence-electron chi connectivity index (χ4n) is 2.71. The number of ether oxygens (including phenoxy) is 1. The molecule has 2 heterocycles. The Morgan fingerprint density at radius 1 is 1.29 bits per heavy atom. The zero-order valence-electron chi connectivity index (χ0n) is 14.8. The van der Waals surface area contributed by atoms with Crippen LogP contribution in [0.15, 0.2) is 33.5 Å². The van der Waals surface area contributed by atoms with Gasteiger partial charge in [0.15, 0.2) is 6.61 Å². The van der Waals surface area contributed by atoms with Crippen LogP contribution in [0.25, 0.3) is 10.8 Å². The van der Waals surface area contributed by atoms with Gasteiger partial charge in [-0.3, -0.25) is 25.0 Å². The largest absolute Gasteiger partial charge is 0.452 e. The van der Waals surface area contributed by atoms with Crippen molar-refractivity contribution in [3.05, 3.63) is 61.8 Å². The van der Waals surface area contributed by atoms with Crippen molar-refractivity contribution in [1.82, 2.24) is 10.2 Å². The molecule has 28 heavy (non-hydrogen) atoms. The minimum atomic E-state index is -1.03. The number of furan rings is 1. The Balaban J connectivity index is 1.75. The van der Waals surface area contributed by atoms with Crippen LogP contribution in [0.4, 0.5) is 11.6 Å². The second-order valence-corrected chi connectivity index (χ2v) is 5.77. The first kappa shape index (κ1) is 18.8. The maximum atomic E-state index is 12.1. The average Bonchev–Trinajstić information content (AvgIpc) is 2.99. The number of esters is 1. The van der Waals surface area contributed by atoms with Crippen molar-refractivity contribution < 1.29 is 23.7 Å². The number of rotatable bonds is 5. The molecule has 3 aromatic rings. The van der Waals surface area contributed by atoms with Gasteiger partial charge in [0.05, 0.1) is 16.0 Å². The molecule has 2 N–H and O–H groups in total. The molecule has 0 spiro atoms. The van der Waals surface area contributed by atoms with Gasteiger partial charge in [0.1, 0.15) is 16.7 Å². The number of carbonyl (C=O) groups is 2. The third-order valence-electron chi connectivity index (χ3n) is 3.91. The number of nitrogens with one attached hydrogen (secondary N) is 2. The zero-order valence-corrected chi connectivity index (χ0v) is 14.8. The summed E-state index contributed by atoms with van der Waals surface area (Å²) in [6.45, 7) is 2.55. The summed E-state index contributed by atoms with van der Waals surface area (Å²) in [7, 11) is 0. The van der Waals surface area contributed by atoms with Crippen LogP contribution in [0, 0.1) is 24.0 Å². The Hall–Kier alpha value is -4.02. The molecular weight excluding hydrogens is 372 g/mol. The van der Waals surface area contributed by atoms with E-state index >= 15 is 0 Å². The molecule has 144 valence electrons. The van der Waals surface area contributed by atoms with Crippen LogP contribution in [0.2, 0.25) is 0 Å². The lowest BCUT2D eigenvalue weighted by molar-refractivity contribution is -0.385. The minimum Gasteiger partial charge on any atom is -0.452 e. The molecular formula is C17H14N4O7. The van der Waals surface area contributed by atoms with Crippen molar-refractivity contribution >= 4 is 34.2 Å². The lowest BCUT2D eigenvalue weighted by Crippen LogP contribution is -2.22. The number of anilines is 1. The molecule has 11 nitrogen and oxygen atoms in total. The fourth-order valence-corrected chi connectivity index (χ4v) is 2.71. The van der Waals surface area contributed by atoms with Crippen molar-refractivity contribution in [2.75, 3.05) is 11.9 Å². The normalized spacial score (nSPS) is 10.6. The molecule has 0 aliphatic rings. The number of nitro benzene ring substituents is 1. The molecule has 0 radical (unpaired) electrons. The second-order valence-electron chi connectivity index (χ2n) is 5.77. The van der Waals surface area contributed by atoms with Gasteiger partial charge in [0, 0.05) is 6.07 Å². The maximum Gasteiger partial charge on any atom is 0.345 e. The molecule has 1 amide bonds. The molecule has 0 saturated heterocycles. The van der Waals surface area contributed by atoms with Crippen molar-refractivity contribution in [1.29, 1.82) is 0 Å². The number of nitrogens with zero attached hydrogens (tertiary/aromatic N) is 2. The van der Waals surface area contributed by atoms with Gasteiger partial charge in [-0.1, -0.05) is 12.1 Å². The highest BCUT2D eigenvalue weighted by molar-refractivity contribution is 6.02. The van der Waals surface area contributed by atoms with Crippen molar-refractivity contribution in [3.8, 4) is 0 Å². The molecule has 11 heteroatoms. The molecule has 0 bridgehead atoms. The lowest BCUT2D eigenvalue weighted by atomic mass is 10.2. The Morgan fingerprint density at radius 2 is 2.00 bits per heavy atom. The molecule has 0 aliphatic heterocycles. The number of H-pyrrole nitrogens is 1. The third kappa shape index (κ3) is 3.45. The number of benzene rings is 1. The summed E-state index contributed by atoms with van der Waals surface area (Å²) >= 11 is 0. The summed E-state index contributed by atoms with van der Waals surface area (Å²) in [6.07, 6.45) is 0. The highest BCUT2D eigenvalue weighted by Crippen LogP contribution is 2.28. The topological polar surface area (TPSA) is 157 Å². The summed E-state index contributed by atoms with van der Waals surface area (Å²) in [6, 6.07) is 5.21. The van der Waals surface area contributed by atoms with E-state index in [0.29, 0.717) is 16.8 Å². The zero-order chi connectivity index (χ0) is 20.4. The van der Waals surface area contributed by atoms with E-state index in [9.17, 15) is 24.5 Å². The summed E-state index contributed by atoms with van der Waals surface area (Å²) in [5.74, 6) is -1.53. The summed E-state index contributed by atoms with van der Waals surface area (Å²) in [4.78, 5) is 46.4. The van der Waals surface area contributed by atoms with Crippen molar-refractivity contribution in [2.45, 2.75) is 13.8 Å². The highest BCUT2D eigenvalue weighted by atomic mass is 16.6. The number of hydrogen-bond acceptors (Lipinski definition) is 8. The number of fused-ring (bicyclic) bond motifs is 1. The van der Waals surface area contributed by atoms with Crippen molar-refractivity contribution in [3.63, 3.8) is 0 Å². The van der Waals surface area contributed by atoms with Crippen LogP contribution in [-0.2, 0) is 9.53 Å². The van der Waals surface area contributed by atoms with Crippen LogP contribution in [-0.4, -0.2) is 33.6 Å². The molecule has 3 rings (SSSR count). The lowest BCUT2D eigenvalue weighted by Gasteiger charge is -2.05. The van der Waals surface area contributed by atoms with E-state index in [4.69, 9.17) is 9.15 Å². The first-order valence-corrected chi connectivity index (χ1v) is 7.98. The van der Waals surface area contributed by atoms with E-state index in [-0.39, 0.29) is 16.8 Å². The smallest absolute Gasteiger partial charge is 0.345 e. The van der Waals surface area contributed by atoms with E-state index in [1.165, 1.54) is 18.2 Å². The van der Waals surface area contributed by atoms with Gasteiger partial charge in [-0.2, -0.15) is 5.10 Å². The molecule has 0 aliphatic carbocycles. The second kappa shape index (κ2) is 7.31. The van der Waals surface area contributed by atoms with Crippen LogP contribution in [0.3, 0.4) is 0 Å². The number of carbonyl (C=O) groups excluding carboxylic acids is 2. The third-order valence-corrected chi connectivity index (χ3v) is 3.91. The molecule has 0 fully saturated rings. The van der Waals surface area contributed by atoms with Gasteiger partial charge in [-0.25, -0.2) is 9.89 Å². The molecule has 0 atom stereocenters. The number of hydrogen-bond donors (Lipinski definition) is 2. The quantitative estimate of drug-likeness (QED) is 0.382. The predicted molar refractivity (Wildman–Crippen MR) is 96.1 cm³/mol. The summed E-state index contributed by atoms with van der Waals surface area (Å²) < 4.78 is 10.2. The van der Waals surface area contributed by atoms with Gasteiger partial charge in [-0.05, 0) is 19.9 Å². The van der Waals surface area contributed by atoms with Crippen LogP contribution < -0.4 is 10.9 Å². The number of amides is 1. The molecule has 2 aromatic heterocycles. The fraction of sp³-hybridized carbons (Fsp3) is 0.176. The monoisotopic (exact) mass is 386 g/mol. The molecule has 1 aromatic carbocycles. The van der Waals surface area contributed by atoms with Crippen LogP contribution >= 0.6 is 0 Å². The number of aromatic nitrogens is 2. The van der Waals surface area contributed by atoms with Gasteiger partial charge >= 0.3 is 5.97 Å². The number of aryl methyl sites for hydroxylation is 2. The first-order chi connectivity index (χ1) is 13.3. The summed E-state index contributed by atoms with van der Waals surface area (Å²) in [5, 5.41) is 20.0. The Morgan fingerprint density at radius 3 is 2.71 bits per heavy atom. The minimum absolute atomic E-state index is 0.106. The van der Waals surface area contributed by atoms with E-state index in [1.807, 2.05) is 0 Å². The Kier molecular flexibility index (Phi) is 4.90. The van der Waals surface area contributed by atoms with Crippen LogP contribution in [0.1, 0.15) is 21.8 Å². The summed E-state index contributed by atoms with van der Waals surface area (Å²) in [5.41, 5.74) is -0.753. The molecule has 0 unspecified atom stereocenters. The highest BCUT2D eigenvalue weighted by Gasteiger charge is 2.22. The number of nitro groups is 1. The van der Waals surface area contributed by atoms with E-state index in [2.05, 4.69) is 15.5 Å². The van der Waals surface area contributed by atoms with Gasteiger partial charge < -0.3 is 9.15 Å². The van der Waals surface area contributed by atoms with Crippen LogP contribution in [0.5, 0.6) is 0 Å². The predicted octanol–water partition coefficient (Wildman–Crippen LogP) is 1.84. The average molecular weight is 386 g/mol. The Bertz CT molecular complexity index is 1160.